The Labute approximate surface area is 198 Å². The molecular formula is C25H40N4O4. The smallest absolute Gasteiger partial charge is 0.410 e. The highest BCUT2D eigenvalue weighted by Crippen LogP contribution is 2.24. The molecule has 0 aliphatic carbocycles. The monoisotopic (exact) mass is 460 g/mol. The summed E-state index contributed by atoms with van der Waals surface area (Å²) in [4.78, 5) is 41.5. The van der Waals surface area contributed by atoms with Gasteiger partial charge in [0.05, 0.1) is 6.04 Å². The maximum Gasteiger partial charge on any atom is 0.415 e. The third-order valence-corrected chi connectivity index (χ3v) is 5.87. The van der Waals surface area contributed by atoms with E-state index in [0.29, 0.717) is 38.3 Å². The van der Waals surface area contributed by atoms with Gasteiger partial charge < -0.3 is 19.9 Å². The molecule has 0 bridgehead atoms. The first-order chi connectivity index (χ1) is 15.5. The number of carbonyl (C=O) groups excluding carboxylic acids is 3. The molecule has 0 aromatic heterocycles. The van der Waals surface area contributed by atoms with Crippen molar-refractivity contribution in [3.63, 3.8) is 0 Å². The van der Waals surface area contributed by atoms with Gasteiger partial charge in [-0.05, 0) is 56.5 Å². The van der Waals surface area contributed by atoms with E-state index in [-0.39, 0.29) is 23.4 Å². The minimum absolute atomic E-state index is 0.0279. The first-order valence-corrected chi connectivity index (χ1v) is 11.8. The minimum atomic E-state index is -0.404. The Balaban J connectivity index is 1.88. The van der Waals surface area contributed by atoms with E-state index in [0.717, 1.165) is 24.9 Å². The summed E-state index contributed by atoms with van der Waals surface area (Å²) in [7, 11) is 2.01. The predicted molar refractivity (Wildman–Crippen MR) is 129 cm³/mol. The molecule has 3 amide bonds. The van der Waals surface area contributed by atoms with Crippen LogP contribution in [-0.4, -0.2) is 85.0 Å². The third-order valence-electron chi connectivity index (χ3n) is 5.87. The Bertz CT molecular complexity index is 783. The molecule has 0 radical (unpaired) electrons. The van der Waals surface area contributed by atoms with Gasteiger partial charge in [-0.3, -0.25) is 14.5 Å². The standard InChI is InChI=1S/C25H40N4O4/c1-7-12-27(6)22(25(3,4)5)23(31)26-19(2)17-20-8-10-21(11-9-20)33-24(32)29-15-13-28(18-30)14-16-29/h8-11,18-19,22H,7,12-17H2,1-6H3,(H,26,31)/t19?,22-/m1/s1. The third kappa shape index (κ3) is 8.03. The summed E-state index contributed by atoms with van der Waals surface area (Å²) in [6, 6.07) is 7.16. The van der Waals surface area contributed by atoms with Crippen molar-refractivity contribution in [1.29, 1.82) is 0 Å². The molecule has 1 aromatic carbocycles. The Hall–Kier alpha value is -2.61. The van der Waals surface area contributed by atoms with Crippen LogP contribution in [0.25, 0.3) is 0 Å². The number of likely N-dealkylation sites (N-methyl/N-ethyl adjacent to an activating group) is 1. The molecule has 0 spiro atoms. The van der Waals surface area contributed by atoms with Crippen LogP contribution < -0.4 is 10.1 Å². The quantitative estimate of drug-likeness (QED) is 0.573. The second-order valence-electron chi connectivity index (χ2n) is 10.0. The summed E-state index contributed by atoms with van der Waals surface area (Å²) in [5.74, 6) is 0.526. The van der Waals surface area contributed by atoms with E-state index in [2.05, 4.69) is 37.9 Å². The van der Waals surface area contributed by atoms with Crippen molar-refractivity contribution in [2.45, 2.75) is 59.5 Å². The number of amides is 3. The van der Waals surface area contributed by atoms with Crippen molar-refractivity contribution >= 4 is 18.4 Å². The number of nitrogens with one attached hydrogen (secondary N) is 1. The summed E-state index contributed by atoms with van der Waals surface area (Å²) < 4.78 is 5.47. The highest BCUT2D eigenvalue weighted by atomic mass is 16.6. The second-order valence-corrected chi connectivity index (χ2v) is 10.0. The lowest BCUT2D eigenvalue weighted by Crippen LogP contribution is -2.54. The second kappa shape index (κ2) is 12.0. The zero-order valence-corrected chi connectivity index (χ0v) is 21.0. The van der Waals surface area contributed by atoms with Crippen molar-refractivity contribution < 1.29 is 19.1 Å². The largest absolute Gasteiger partial charge is 0.415 e. The maximum absolute atomic E-state index is 13.0. The van der Waals surface area contributed by atoms with Gasteiger partial charge in [0.2, 0.25) is 12.3 Å². The number of ether oxygens (including phenoxy) is 1. The SMILES string of the molecule is CCCN(C)[C@H](C(=O)NC(C)Cc1ccc(OC(=O)N2CCN(C=O)CC2)cc1)C(C)(C)C. The van der Waals surface area contributed by atoms with Crippen LogP contribution in [0, 0.1) is 5.41 Å². The van der Waals surface area contributed by atoms with E-state index in [4.69, 9.17) is 4.74 Å². The van der Waals surface area contributed by atoms with Crippen molar-refractivity contribution in [3.05, 3.63) is 29.8 Å². The fourth-order valence-corrected chi connectivity index (χ4v) is 4.33. The van der Waals surface area contributed by atoms with E-state index in [1.165, 1.54) is 0 Å². The number of rotatable bonds is 9. The molecule has 1 aliphatic heterocycles. The molecule has 2 rings (SSSR count). The van der Waals surface area contributed by atoms with E-state index >= 15 is 0 Å². The van der Waals surface area contributed by atoms with Crippen LogP contribution in [0.1, 0.15) is 46.6 Å². The van der Waals surface area contributed by atoms with E-state index in [1.807, 2.05) is 26.1 Å². The number of nitrogens with zero attached hydrogens (tertiary/aromatic N) is 3. The van der Waals surface area contributed by atoms with Crippen LogP contribution in [0.3, 0.4) is 0 Å². The van der Waals surface area contributed by atoms with Crippen LogP contribution in [0.5, 0.6) is 5.75 Å². The van der Waals surface area contributed by atoms with Gasteiger partial charge >= 0.3 is 6.09 Å². The number of piperazine rings is 1. The summed E-state index contributed by atoms with van der Waals surface area (Å²) in [5.41, 5.74) is 0.885. The van der Waals surface area contributed by atoms with Gasteiger partial charge in [-0.2, -0.15) is 0 Å². The fourth-order valence-electron chi connectivity index (χ4n) is 4.33. The molecule has 1 heterocycles. The summed E-state index contributed by atoms with van der Waals surface area (Å²) in [6.07, 6.45) is 2.08. The lowest BCUT2D eigenvalue weighted by Gasteiger charge is -2.37. The molecule has 8 nitrogen and oxygen atoms in total. The molecule has 33 heavy (non-hydrogen) atoms. The molecule has 1 fully saturated rings. The Morgan fingerprint density at radius 2 is 1.76 bits per heavy atom. The Morgan fingerprint density at radius 3 is 2.27 bits per heavy atom. The Kier molecular flexibility index (Phi) is 9.70. The maximum atomic E-state index is 13.0. The summed E-state index contributed by atoms with van der Waals surface area (Å²) >= 11 is 0. The van der Waals surface area contributed by atoms with Gasteiger partial charge in [-0.1, -0.05) is 39.8 Å². The van der Waals surface area contributed by atoms with Crippen molar-refractivity contribution in [2.75, 3.05) is 39.8 Å². The fraction of sp³-hybridized carbons (Fsp3) is 0.640. The van der Waals surface area contributed by atoms with Crippen LogP contribution in [0.4, 0.5) is 4.79 Å². The van der Waals surface area contributed by atoms with Gasteiger partial charge in [0, 0.05) is 32.2 Å². The summed E-state index contributed by atoms with van der Waals surface area (Å²) in [6.45, 7) is 13.2. The number of hydrogen-bond acceptors (Lipinski definition) is 5. The molecule has 1 aromatic rings. The molecule has 184 valence electrons. The zero-order valence-electron chi connectivity index (χ0n) is 21.0. The van der Waals surface area contributed by atoms with Crippen molar-refractivity contribution in [3.8, 4) is 5.75 Å². The molecule has 1 unspecified atom stereocenters. The molecule has 1 saturated heterocycles. The Morgan fingerprint density at radius 1 is 1.15 bits per heavy atom. The van der Waals surface area contributed by atoms with Crippen molar-refractivity contribution in [2.24, 2.45) is 5.41 Å². The molecule has 2 atom stereocenters. The normalized spacial score (nSPS) is 16.3. The number of benzene rings is 1. The van der Waals surface area contributed by atoms with Crippen LogP contribution in [0.15, 0.2) is 24.3 Å². The molecule has 8 heteroatoms. The topological polar surface area (TPSA) is 82.2 Å². The average Bonchev–Trinajstić information content (AvgIpc) is 2.74. The lowest BCUT2D eigenvalue weighted by molar-refractivity contribution is -0.130. The first kappa shape index (κ1) is 26.6. The van der Waals surface area contributed by atoms with Crippen LogP contribution >= 0.6 is 0 Å². The lowest BCUT2D eigenvalue weighted by atomic mass is 9.85. The molecule has 1 N–H and O–H groups in total. The highest BCUT2D eigenvalue weighted by molar-refractivity contribution is 5.82. The molecule has 0 saturated carbocycles. The van der Waals surface area contributed by atoms with Crippen LogP contribution in [0.2, 0.25) is 0 Å². The van der Waals surface area contributed by atoms with E-state index in [1.54, 1.807) is 21.9 Å². The van der Waals surface area contributed by atoms with Gasteiger partial charge in [0.15, 0.2) is 0 Å². The zero-order chi connectivity index (χ0) is 24.6. The van der Waals surface area contributed by atoms with Gasteiger partial charge in [0.1, 0.15) is 5.75 Å². The highest BCUT2D eigenvalue weighted by Gasteiger charge is 2.34. The van der Waals surface area contributed by atoms with Crippen LogP contribution in [-0.2, 0) is 16.0 Å². The first-order valence-electron chi connectivity index (χ1n) is 11.8. The van der Waals surface area contributed by atoms with E-state index in [9.17, 15) is 14.4 Å². The van der Waals surface area contributed by atoms with Gasteiger partial charge in [-0.15, -0.1) is 0 Å². The average molecular weight is 461 g/mol. The number of carbonyl (C=O) groups is 3. The van der Waals surface area contributed by atoms with Crippen molar-refractivity contribution in [1.82, 2.24) is 20.0 Å². The van der Waals surface area contributed by atoms with Gasteiger partial charge in [0.25, 0.3) is 0 Å². The van der Waals surface area contributed by atoms with Gasteiger partial charge in [-0.25, -0.2) is 4.79 Å². The molecular weight excluding hydrogens is 420 g/mol. The summed E-state index contributed by atoms with van der Waals surface area (Å²) in [5, 5.41) is 3.17. The minimum Gasteiger partial charge on any atom is -0.410 e. The van der Waals surface area contributed by atoms with E-state index < -0.39 is 6.09 Å². The molecule has 1 aliphatic rings. The predicted octanol–water partition coefficient (Wildman–Crippen LogP) is 2.76. The number of hydrogen-bond donors (Lipinski definition) is 1.